The third-order valence-electron chi connectivity index (χ3n) is 2.67. The molecule has 1 fully saturated rings. The lowest BCUT2D eigenvalue weighted by molar-refractivity contribution is 0.0984. The van der Waals surface area contributed by atoms with Crippen molar-refractivity contribution in [3.8, 4) is 0 Å². The fraction of sp³-hybridized carbons (Fsp3) is 0.417. The summed E-state index contributed by atoms with van der Waals surface area (Å²) in [5, 5.41) is 0.783. The van der Waals surface area contributed by atoms with Gasteiger partial charge in [0.25, 0.3) is 0 Å². The highest BCUT2D eigenvalue weighted by Crippen LogP contribution is 2.31. The largest absolute Gasteiger partial charge is 0.293 e. The molecular formula is C12H12BrClOS. The molecule has 4 heteroatoms. The van der Waals surface area contributed by atoms with E-state index in [1.54, 1.807) is 23.9 Å². The average molecular weight is 320 g/mol. The summed E-state index contributed by atoms with van der Waals surface area (Å²) < 4.78 is 0.802. The first-order valence-electron chi connectivity index (χ1n) is 5.29. The van der Waals surface area contributed by atoms with Crippen LogP contribution in [0.5, 0.6) is 0 Å². The van der Waals surface area contributed by atoms with Crippen molar-refractivity contribution in [2.75, 3.05) is 5.75 Å². The quantitative estimate of drug-likeness (QED) is 0.743. The summed E-state index contributed by atoms with van der Waals surface area (Å²) in [4.78, 5) is 12.2. The van der Waals surface area contributed by atoms with Crippen LogP contribution in [0.15, 0.2) is 22.7 Å². The normalized spacial score (nSPS) is 20.8. The van der Waals surface area contributed by atoms with E-state index in [2.05, 4.69) is 15.9 Å². The van der Waals surface area contributed by atoms with Crippen molar-refractivity contribution in [3.63, 3.8) is 0 Å². The lowest BCUT2D eigenvalue weighted by Crippen LogP contribution is -2.21. The number of hydrogen-bond donors (Lipinski definition) is 0. The highest BCUT2D eigenvalue weighted by Gasteiger charge is 2.24. The van der Waals surface area contributed by atoms with Gasteiger partial charge in [-0.05, 0) is 52.7 Å². The summed E-state index contributed by atoms with van der Waals surface area (Å²) in [7, 11) is 0. The van der Waals surface area contributed by atoms with E-state index in [1.165, 1.54) is 6.42 Å². The van der Waals surface area contributed by atoms with E-state index in [0.29, 0.717) is 5.02 Å². The molecule has 0 bridgehead atoms. The van der Waals surface area contributed by atoms with Gasteiger partial charge in [-0.3, -0.25) is 4.79 Å². The van der Waals surface area contributed by atoms with Gasteiger partial charge in [-0.1, -0.05) is 18.0 Å². The summed E-state index contributed by atoms with van der Waals surface area (Å²) in [6, 6.07) is 5.36. The SMILES string of the molecule is O=C(c1ccc(Cl)cc1Br)C1CCCCS1. The van der Waals surface area contributed by atoms with Crippen molar-refractivity contribution >= 4 is 45.1 Å². The van der Waals surface area contributed by atoms with E-state index in [9.17, 15) is 4.79 Å². The average Bonchev–Trinajstić information content (AvgIpc) is 2.29. The standard InChI is InChI=1S/C12H12BrClOS/c13-10-7-8(14)4-5-9(10)12(15)11-3-1-2-6-16-11/h4-5,7,11H,1-3,6H2. The summed E-state index contributed by atoms with van der Waals surface area (Å²) in [6.45, 7) is 0. The lowest BCUT2D eigenvalue weighted by Gasteiger charge is -2.20. The van der Waals surface area contributed by atoms with E-state index in [4.69, 9.17) is 11.6 Å². The second-order valence-corrected chi connectivity index (χ2v) is 6.45. The zero-order valence-electron chi connectivity index (χ0n) is 8.71. The molecular weight excluding hydrogens is 308 g/mol. The summed E-state index contributed by atoms with van der Waals surface area (Å²) in [6.07, 6.45) is 3.39. The van der Waals surface area contributed by atoms with Gasteiger partial charge in [0.05, 0.1) is 5.25 Å². The Labute approximate surface area is 113 Å². The van der Waals surface area contributed by atoms with Gasteiger partial charge in [-0.25, -0.2) is 0 Å². The molecule has 0 saturated carbocycles. The van der Waals surface area contributed by atoms with Crippen LogP contribution in [0, 0.1) is 0 Å². The first-order chi connectivity index (χ1) is 7.68. The molecule has 1 saturated heterocycles. The molecule has 0 radical (unpaired) electrons. The van der Waals surface area contributed by atoms with E-state index in [-0.39, 0.29) is 11.0 Å². The molecule has 1 nitrogen and oxygen atoms in total. The van der Waals surface area contributed by atoms with Gasteiger partial charge < -0.3 is 0 Å². The number of Topliss-reactive ketones (excluding diaryl/α,β-unsaturated/α-hetero) is 1. The van der Waals surface area contributed by atoms with Gasteiger partial charge in [-0.15, -0.1) is 0 Å². The van der Waals surface area contributed by atoms with Gasteiger partial charge in [-0.2, -0.15) is 11.8 Å². The molecule has 1 aliphatic heterocycles. The minimum atomic E-state index is 0.131. The Morgan fingerprint density at radius 3 is 2.88 bits per heavy atom. The number of carbonyl (C=O) groups is 1. The minimum absolute atomic E-state index is 0.131. The highest BCUT2D eigenvalue weighted by molar-refractivity contribution is 9.10. The molecule has 0 amide bonds. The maximum absolute atomic E-state index is 12.2. The number of benzene rings is 1. The number of rotatable bonds is 2. The molecule has 1 heterocycles. The topological polar surface area (TPSA) is 17.1 Å². The van der Waals surface area contributed by atoms with Crippen molar-refractivity contribution in [1.29, 1.82) is 0 Å². The number of hydrogen-bond acceptors (Lipinski definition) is 2. The Morgan fingerprint density at radius 1 is 1.44 bits per heavy atom. The molecule has 86 valence electrons. The maximum Gasteiger partial charge on any atom is 0.176 e. The van der Waals surface area contributed by atoms with Crippen LogP contribution in [-0.4, -0.2) is 16.8 Å². The van der Waals surface area contributed by atoms with Gasteiger partial charge >= 0.3 is 0 Å². The van der Waals surface area contributed by atoms with Gasteiger partial charge in [0.1, 0.15) is 0 Å². The minimum Gasteiger partial charge on any atom is -0.293 e. The molecule has 1 aliphatic rings. The second-order valence-electron chi connectivity index (χ2n) is 3.84. The van der Waals surface area contributed by atoms with Crippen molar-refractivity contribution in [2.45, 2.75) is 24.5 Å². The third kappa shape index (κ3) is 2.82. The summed E-state index contributed by atoms with van der Waals surface area (Å²) in [5.41, 5.74) is 0.754. The fourth-order valence-electron chi connectivity index (χ4n) is 1.81. The van der Waals surface area contributed by atoms with Crippen LogP contribution in [-0.2, 0) is 0 Å². The highest BCUT2D eigenvalue weighted by atomic mass is 79.9. The zero-order valence-corrected chi connectivity index (χ0v) is 11.9. The van der Waals surface area contributed by atoms with E-state index < -0.39 is 0 Å². The van der Waals surface area contributed by atoms with Crippen molar-refractivity contribution < 1.29 is 4.79 Å². The van der Waals surface area contributed by atoms with Crippen LogP contribution in [0.4, 0.5) is 0 Å². The first-order valence-corrected chi connectivity index (χ1v) is 7.51. The van der Waals surface area contributed by atoms with Gasteiger partial charge in [0.15, 0.2) is 5.78 Å². The molecule has 0 aliphatic carbocycles. The van der Waals surface area contributed by atoms with Crippen molar-refractivity contribution in [2.24, 2.45) is 0 Å². The molecule has 0 aromatic heterocycles. The predicted molar refractivity (Wildman–Crippen MR) is 73.6 cm³/mol. The fourth-order valence-corrected chi connectivity index (χ4v) is 3.96. The second kappa shape index (κ2) is 5.56. The Balaban J connectivity index is 2.19. The number of ketones is 1. The van der Waals surface area contributed by atoms with Crippen molar-refractivity contribution in [1.82, 2.24) is 0 Å². The molecule has 16 heavy (non-hydrogen) atoms. The Morgan fingerprint density at radius 2 is 2.25 bits per heavy atom. The molecule has 0 N–H and O–H groups in total. The first kappa shape index (κ1) is 12.5. The maximum atomic E-state index is 12.2. The van der Waals surface area contributed by atoms with Crippen LogP contribution in [0.2, 0.25) is 5.02 Å². The van der Waals surface area contributed by atoms with Gasteiger partial charge in [0.2, 0.25) is 0 Å². The molecule has 1 aromatic carbocycles. The van der Waals surface area contributed by atoms with E-state index in [0.717, 1.165) is 28.6 Å². The summed E-state index contributed by atoms with van der Waals surface area (Å²) in [5.74, 6) is 1.33. The molecule has 1 unspecified atom stereocenters. The van der Waals surface area contributed by atoms with Gasteiger partial charge in [0, 0.05) is 15.1 Å². The van der Waals surface area contributed by atoms with E-state index >= 15 is 0 Å². The molecule has 0 spiro atoms. The van der Waals surface area contributed by atoms with Crippen LogP contribution < -0.4 is 0 Å². The number of thioether (sulfide) groups is 1. The van der Waals surface area contributed by atoms with E-state index in [1.807, 2.05) is 6.07 Å². The molecule has 2 rings (SSSR count). The zero-order chi connectivity index (χ0) is 11.5. The Hall–Kier alpha value is 0.01000. The summed E-state index contributed by atoms with van der Waals surface area (Å²) >= 11 is 11.0. The number of carbonyl (C=O) groups excluding carboxylic acids is 1. The Bertz CT molecular complexity index is 402. The van der Waals surface area contributed by atoms with Crippen molar-refractivity contribution in [3.05, 3.63) is 33.3 Å². The van der Waals surface area contributed by atoms with Crippen LogP contribution in [0.25, 0.3) is 0 Å². The number of halogens is 2. The smallest absolute Gasteiger partial charge is 0.176 e. The van der Waals surface area contributed by atoms with Crippen LogP contribution in [0.1, 0.15) is 29.6 Å². The van der Waals surface area contributed by atoms with Crippen LogP contribution >= 0.6 is 39.3 Å². The lowest BCUT2D eigenvalue weighted by atomic mass is 10.0. The third-order valence-corrected chi connectivity index (χ3v) is 4.94. The van der Waals surface area contributed by atoms with Crippen LogP contribution in [0.3, 0.4) is 0 Å². The molecule has 1 atom stereocenters. The monoisotopic (exact) mass is 318 g/mol. The Kier molecular flexibility index (Phi) is 4.34. The molecule has 1 aromatic rings. The predicted octanol–water partition coefficient (Wildman–Crippen LogP) is 4.57.